The van der Waals surface area contributed by atoms with Crippen LogP contribution in [0.1, 0.15) is 70.8 Å². The Kier molecular flexibility index (Phi) is 6.91. The average Bonchev–Trinajstić information content (AvgIpc) is 3.64. The van der Waals surface area contributed by atoms with Crippen molar-refractivity contribution in [3.63, 3.8) is 0 Å². The van der Waals surface area contributed by atoms with Crippen LogP contribution < -0.4 is 9.47 Å². The monoisotopic (exact) mass is 712 g/mol. The Hall–Kier alpha value is -4.48. The number of allylic oxidation sites excluding steroid dienone is 1. The Morgan fingerprint density at radius 3 is 2.56 bits per heavy atom. The van der Waals surface area contributed by atoms with Crippen molar-refractivity contribution < 1.29 is 37.9 Å². The van der Waals surface area contributed by atoms with E-state index in [1.54, 1.807) is 26.8 Å². The number of ether oxygens (including phenoxy) is 4. The first-order valence-corrected chi connectivity index (χ1v) is 16.7. The summed E-state index contributed by atoms with van der Waals surface area (Å²) in [6.07, 6.45) is 0.0719. The normalized spacial score (nSPS) is 23.9. The predicted molar refractivity (Wildman–Crippen MR) is 177 cm³/mol. The molecule has 8 rings (SSSR count). The van der Waals surface area contributed by atoms with Gasteiger partial charge in [-0.25, -0.2) is 4.79 Å². The summed E-state index contributed by atoms with van der Waals surface area (Å²) >= 11 is 3.64. The summed E-state index contributed by atoms with van der Waals surface area (Å²) in [5.74, 6) is -0.165. The number of ketones is 2. The molecule has 0 bridgehead atoms. The lowest BCUT2D eigenvalue weighted by molar-refractivity contribution is 0.0208. The van der Waals surface area contributed by atoms with Crippen LogP contribution in [0.4, 0.5) is 4.79 Å². The summed E-state index contributed by atoms with van der Waals surface area (Å²) in [4.78, 5) is 44.2. The predicted octanol–water partition coefficient (Wildman–Crippen LogP) is 7.38. The molecule has 48 heavy (non-hydrogen) atoms. The minimum atomic E-state index is -1.34. The molecule has 4 aromatic rings. The molecule has 1 fully saturated rings. The number of aromatic nitrogens is 1. The van der Waals surface area contributed by atoms with Gasteiger partial charge in [-0.15, -0.1) is 0 Å². The summed E-state index contributed by atoms with van der Waals surface area (Å²) in [6.45, 7) is 5.44. The van der Waals surface area contributed by atoms with E-state index in [1.165, 1.54) is 0 Å². The number of nitrogens with zero attached hydrogens (tertiary/aromatic N) is 2. The number of epoxide rings is 1. The Labute approximate surface area is 285 Å². The SMILES string of the molecule is CN(C)[C@@H]1c2onc(OCc3ccccc3)c2C(=O)[C@@]23OC2=C2C(=O)c4c(cc5c(Br)cccc5c4OC(=O)OC(C)(C)C)CC2C[C@@H]13. The molecular formula is C37H33BrN2O8. The first kappa shape index (κ1) is 30.8. The van der Waals surface area contributed by atoms with Crippen LogP contribution >= 0.6 is 15.9 Å². The molecule has 3 aromatic carbocycles. The van der Waals surface area contributed by atoms with E-state index >= 15 is 0 Å². The molecular weight excluding hydrogens is 680 g/mol. The van der Waals surface area contributed by atoms with Crippen LogP contribution in [-0.4, -0.2) is 53.1 Å². The van der Waals surface area contributed by atoms with E-state index in [9.17, 15) is 14.4 Å². The lowest BCUT2D eigenvalue weighted by atomic mass is 9.61. The average molecular weight is 714 g/mol. The fourth-order valence-electron chi connectivity index (χ4n) is 7.72. The quantitative estimate of drug-likeness (QED) is 0.118. The van der Waals surface area contributed by atoms with Crippen LogP contribution in [0.2, 0.25) is 0 Å². The molecule has 1 unspecified atom stereocenters. The van der Waals surface area contributed by atoms with Gasteiger partial charge in [0.2, 0.25) is 11.4 Å². The molecule has 3 aliphatic carbocycles. The molecule has 1 aromatic heterocycles. The number of hydrogen-bond donors (Lipinski definition) is 0. The minimum Gasteiger partial charge on any atom is -0.470 e. The second-order valence-corrected chi connectivity index (χ2v) is 14.9. The van der Waals surface area contributed by atoms with Gasteiger partial charge in [0.15, 0.2) is 23.1 Å². The van der Waals surface area contributed by atoms with Gasteiger partial charge in [0.05, 0.1) is 11.6 Å². The zero-order valence-corrected chi connectivity index (χ0v) is 28.7. The van der Waals surface area contributed by atoms with Crippen molar-refractivity contribution in [2.75, 3.05) is 14.1 Å². The molecule has 0 N–H and O–H groups in total. The van der Waals surface area contributed by atoms with Gasteiger partial charge >= 0.3 is 6.16 Å². The highest BCUT2D eigenvalue weighted by Gasteiger charge is 2.75. The van der Waals surface area contributed by atoms with Crippen molar-refractivity contribution >= 4 is 44.4 Å². The molecule has 4 aliphatic rings. The fraction of sp³-hybridized carbons (Fsp3) is 0.351. The molecule has 11 heteroatoms. The number of Topliss-reactive ketones (excluding diaryl/α,β-unsaturated/α-hetero) is 2. The van der Waals surface area contributed by atoms with Gasteiger partial charge in [-0.1, -0.05) is 58.4 Å². The molecule has 10 nitrogen and oxygen atoms in total. The van der Waals surface area contributed by atoms with Crippen LogP contribution in [0, 0.1) is 11.8 Å². The summed E-state index contributed by atoms with van der Waals surface area (Å²) < 4.78 is 30.4. The largest absolute Gasteiger partial charge is 0.514 e. The van der Waals surface area contributed by atoms with Gasteiger partial charge in [-0.3, -0.25) is 14.5 Å². The third-order valence-corrected chi connectivity index (χ3v) is 10.3. The zero-order valence-electron chi connectivity index (χ0n) is 27.1. The lowest BCUT2D eigenvalue weighted by Crippen LogP contribution is -2.49. The van der Waals surface area contributed by atoms with E-state index in [4.69, 9.17) is 23.5 Å². The highest BCUT2D eigenvalue weighted by molar-refractivity contribution is 9.10. The van der Waals surface area contributed by atoms with Crippen LogP contribution in [0.3, 0.4) is 0 Å². The van der Waals surface area contributed by atoms with Crippen molar-refractivity contribution in [2.24, 2.45) is 11.8 Å². The second kappa shape index (κ2) is 10.8. The molecule has 0 saturated carbocycles. The van der Waals surface area contributed by atoms with Crippen molar-refractivity contribution in [1.82, 2.24) is 10.1 Å². The smallest absolute Gasteiger partial charge is 0.470 e. The summed E-state index contributed by atoms with van der Waals surface area (Å²) in [5, 5.41) is 5.59. The van der Waals surface area contributed by atoms with Crippen molar-refractivity contribution in [2.45, 2.75) is 57.5 Å². The molecule has 246 valence electrons. The summed E-state index contributed by atoms with van der Waals surface area (Å²) in [5.41, 5.74) is 0.481. The van der Waals surface area contributed by atoms with E-state index in [2.05, 4.69) is 21.1 Å². The number of carbonyl (C=O) groups is 3. The van der Waals surface area contributed by atoms with Gasteiger partial charge in [-0.2, -0.15) is 0 Å². The first-order valence-electron chi connectivity index (χ1n) is 15.9. The Morgan fingerprint density at radius 1 is 1.06 bits per heavy atom. The second-order valence-electron chi connectivity index (χ2n) is 14.0. The maximum Gasteiger partial charge on any atom is 0.514 e. The maximum absolute atomic E-state index is 14.7. The lowest BCUT2D eigenvalue weighted by Gasteiger charge is -2.41. The molecule has 0 radical (unpaired) electrons. The summed E-state index contributed by atoms with van der Waals surface area (Å²) in [7, 11) is 3.86. The third-order valence-electron chi connectivity index (χ3n) is 9.63. The van der Waals surface area contributed by atoms with E-state index < -0.39 is 17.4 Å². The molecule has 4 atom stereocenters. The fourth-order valence-corrected chi connectivity index (χ4v) is 8.20. The number of fused-ring (bicyclic) bond motifs is 4. The van der Waals surface area contributed by atoms with Gasteiger partial charge in [-0.05, 0) is 87.4 Å². The zero-order chi connectivity index (χ0) is 33.7. The highest BCUT2D eigenvalue weighted by atomic mass is 79.9. The van der Waals surface area contributed by atoms with E-state index in [-0.39, 0.29) is 58.8 Å². The van der Waals surface area contributed by atoms with Crippen LogP contribution in [0.15, 0.2) is 74.9 Å². The molecule has 1 saturated heterocycles. The van der Waals surface area contributed by atoms with Crippen molar-refractivity contribution in [1.29, 1.82) is 0 Å². The van der Waals surface area contributed by atoms with Gasteiger partial charge < -0.3 is 23.5 Å². The van der Waals surface area contributed by atoms with Crippen LogP contribution in [0.5, 0.6) is 11.6 Å². The van der Waals surface area contributed by atoms with Crippen LogP contribution in [0.25, 0.3) is 10.8 Å². The highest BCUT2D eigenvalue weighted by Crippen LogP contribution is 2.66. The topological polar surface area (TPSA) is 121 Å². The Bertz CT molecular complexity index is 2080. The van der Waals surface area contributed by atoms with E-state index in [0.29, 0.717) is 35.3 Å². The first-order chi connectivity index (χ1) is 22.9. The Balaban J connectivity index is 1.23. The van der Waals surface area contributed by atoms with E-state index in [1.807, 2.05) is 67.5 Å². The molecule has 0 amide bonds. The molecule has 1 aliphatic heterocycles. The van der Waals surface area contributed by atoms with Crippen molar-refractivity contribution in [3.05, 3.63) is 98.4 Å². The standard InChI is InChI=1S/C37H33BrN2O8/c1-36(2,3)47-35(43)45-30-21-12-9-13-24(38)22(21)15-19-14-20-16-23-28(40(4)5)31-27(34(39-48-31)44-17-18-10-7-6-8-11-18)32(42)37(23)33(46-37)26(20)29(41)25(19)30/h6-13,15,20,23,28H,14,16-17H2,1-5H3/t20?,23-,28-,37+/m0/s1. The minimum absolute atomic E-state index is 0.103. The van der Waals surface area contributed by atoms with Crippen LogP contribution in [-0.2, 0) is 22.5 Å². The third kappa shape index (κ3) is 4.62. The Morgan fingerprint density at radius 2 is 1.83 bits per heavy atom. The number of hydrogen-bond acceptors (Lipinski definition) is 10. The molecule has 2 heterocycles. The number of rotatable bonds is 5. The van der Waals surface area contributed by atoms with Gasteiger partial charge in [0.25, 0.3) is 5.88 Å². The van der Waals surface area contributed by atoms with Crippen molar-refractivity contribution in [3.8, 4) is 11.6 Å². The number of carbonyl (C=O) groups excluding carboxylic acids is 3. The van der Waals surface area contributed by atoms with E-state index in [0.717, 1.165) is 21.0 Å². The number of halogens is 1. The van der Waals surface area contributed by atoms with Gasteiger partial charge in [0.1, 0.15) is 17.8 Å². The number of benzene rings is 3. The van der Waals surface area contributed by atoms with Gasteiger partial charge in [0, 0.05) is 21.3 Å². The maximum atomic E-state index is 14.7. The molecule has 1 spiro atoms. The summed E-state index contributed by atoms with van der Waals surface area (Å²) in [6, 6.07) is 16.7.